The van der Waals surface area contributed by atoms with Gasteiger partial charge in [0, 0.05) is 44.8 Å². The smallest absolute Gasteiger partial charge is 0.203 e. The van der Waals surface area contributed by atoms with Crippen LogP contribution in [0.3, 0.4) is 0 Å². The van der Waals surface area contributed by atoms with Gasteiger partial charge in [-0.1, -0.05) is 0 Å². The lowest BCUT2D eigenvalue weighted by molar-refractivity contribution is 0.104. The Balaban J connectivity index is 2.02. The van der Waals surface area contributed by atoms with Crippen molar-refractivity contribution < 1.29 is 14.2 Å². The second-order valence-corrected chi connectivity index (χ2v) is 6.20. The molecule has 1 saturated heterocycles. The highest BCUT2D eigenvalue weighted by molar-refractivity contribution is 5.60. The summed E-state index contributed by atoms with van der Waals surface area (Å²) in [4.78, 5) is 4.92. The first-order valence-electron chi connectivity index (χ1n) is 8.14. The van der Waals surface area contributed by atoms with E-state index in [-0.39, 0.29) is 0 Å². The highest BCUT2D eigenvalue weighted by atomic mass is 16.5. The maximum atomic E-state index is 5.75. The molecule has 0 unspecified atom stereocenters. The van der Waals surface area contributed by atoms with Crippen LogP contribution in [0.1, 0.15) is 17.2 Å². The molecule has 1 aromatic carbocycles. The predicted octanol–water partition coefficient (Wildman–Crippen LogP) is 1.10. The van der Waals surface area contributed by atoms with Crippen LogP contribution in [0.15, 0.2) is 6.07 Å². The zero-order valence-electron chi connectivity index (χ0n) is 14.5. The Labute approximate surface area is 138 Å². The van der Waals surface area contributed by atoms with E-state index in [2.05, 4.69) is 28.2 Å². The third-order valence-corrected chi connectivity index (χ3v) is 4.92. The summed E-state index contributed by atoms with van der Waals surface area (Å²) in [5.41, 5.74) is 2.48. The van der Waals surface area contributed by atoms with Gasteiger partial charge in [0.05, 0.1) is 27.4 Å². The lowest BCUT2D eigenvalue weighted by Gasteiger charge is -2.41. The molecule has 6 nitrogen and oxygen atoms in total. The van der Waals surface area contributed by atoms with E-state index in [0.29, 0.717) is 11.8 Å². The summed E-state index contributed by atoms with van der Waals surface area (Å²) in [6.07, 6.45) is 0. The van der Waals surface area contributed by atoms with Gasteiger partial charge in [-0.2, -0.15) is 0 Å². The molecule has 1 fully saturated rings. The first-order valence-corrected chi connectivity index (χ1v) is 8.14. The molecule has 0 amide bonds. The third kappa shape index (κ3) is 2.98. The Morgan fingerprint density at radius 3 is 2.30 bits per heavy atom. The SMILES string of the molecule is COc1cc2c(c(OC)c1OC)[C@H](N1CCN(C)CC1)CNC2. The molecule has 2 aliphatic rings. The normalized spacial score (nSPS) is 22.5. The Hall–Kier alpha value is -1.50. The van der Waals surface area contributed by atoms with Crippen LogP contribution in [0.4, 0.5) is 0 Å². The molecule has 1 aromatic rings. The second kappa shape index (κ2) is 6.95. The monoisotopic (exact) mass is 321 g/mol. The average molecular weight is 321 g/mol. The fourth-order valence-electron chi connectivity index (χ4n) is 3.63. The number of fused-ring (bicyclic) bond motifs is 1. The standard InChI is InChI=1S/C17H27N3O3/c1-19-5-7-20(8-6-19)13-11-18-10-12-9-14(21-2)16(22-3)17(23-4)15(12)13/h9,13,18H,5-8,10-11H2,1-4H3/t13-/m1/s1. The summed E-state index contributed by atoms with van der Waals surface area (Å²) >= 11 is 0. The van der Waals surface area contributed by atoms with Gasteiger partial charge in [0.2, 0.25) is 5.75 Å². The molecule has 0 aromatic heterocycles. The minimum atomic E-state index is 0.308. The molecule has 1 atom stereocenters. The van der Waals surface area contributed by atoms with E-state index in [1.807, 2.05) is 0 Å². The summed E-state index contributed by atoms with van der Waals surface area (Å²) in [6, 6.07) is 2.38. The fourth-order valence-corrected chi connectivity index (χ4v) is 3.63. The van der Waals surface area contributed by atoms with Gasteiger partial charge in [-0.25, -0.2) is 0 Å². The zero-order chi connectivity index (χ0) is 16.4. The fraction of sp³-hybridized carbons (Fsp3) is 0.647. The van der Waals surface area contributed by atoms with Crippen molar-refractivity contribution in [2.24, 2.45) is 0 Å². The van der Waals surface area contributed by atoms with Gasteiger partial charge < -0.3 is 24.4 Å². The Morgan fingerprint density at radius 1 is 1.00 bits per heavy atom. The molecule has 0 aliphatic carbocycles. The van der Waals surface area contributed by atoms with E-state index in [1.54, 1.807) is 21.3 Å². The first-order chi connectivity index (χ1) is 11.2. The van der Waals surface area contributed by atoms with Gasteiger partial charge >= 0.3 is 0 Å². The third-order valence-electron chi connectivity index (χ3n) is 4.92. The van der Waals surface area contributed by atoms with Crippen LogP contribution < -0.4 is 19.5 Å². The molecule has 128 valence electrons. The molecule has 6 heteroatoms. The summed E-state index contributed by atoms with van der Waals surface area (Å²) in [5.74, 6) is 2.23. The zero-order valence-corrected chi connectivity index (χ0v) is 14.5. The van der Waals surface area contributed by atoms with E-state index < -0.39 is 0 Å². The lowest BCUT2D eigenvalue weighted by Crippen LogP contribution is -2.49. The maximum Gasteiger partial charge on any atom is 0.203 e. The van der Waals surface area contributed by atoms with Crippen molar-refractivity contribution in [1.82, 2.24) is 15.1 Å². The van der Waals surface area contributed by atoms with Gasteiger partial charge in [-0.05, 0) is 18.7 Å². The van der Waals surface area contributed by atoms with E-state index in [0.717, 1.165) is 50.8 Å². The number of nitrogens with one attached hydrogen (secondary N) is 1. The van der Waals surface area contributed by atoms with Gasteiger partial charge in [-0.15, -0.1) is 0 Å². The largest absolute Gasteiger partial charge is 0.493 e. The number of likely N-dealkylation sites (N-methyl/N-ethyl adjacent to an activating group) is 1. The van der Waals surface area contributed by atoms with Crippen LogP contribution in [0.25, 0.3) is 0 Å². The molecule has 0 radical (unpaired) electrons. The summed E-state index contributed by atoms with van der Waals surface area (Å²) < 4.78 is 16.8. The van der Waals surface area contributed by atoms with Gasteiger partial charge in [0.15, 0.2) is 11.5 Å². The molecule has 23 heavy (non-hydrogen) atoms. The van der Waals surface area contributed by atoms with Crippen molar-refractivity contribution in [2.75, 3.05) is 61.1 Å². The summed E-state index contributed by atoms with van der Waals surface area (Å²) in [5, 5.41) is 3.53. The van der Waals surface area contributed by atoms with Crippen LogP contribution in [0.2, 0.25) is 0 Å². The Morgan fingerprint density at radius 2 is 1.70 bits per heavy atom. The van der Waals surface area contributed by atoms with Crippen molar-refractivity contribution in [1.29, 1.82) is 0 Å². The highest BCUT2D eigenvalue weighted by Crippen LogP contribution is 2.46. The van der Waals surface area contributed by atoms with E-state index in [4.69, 9.17) is 14.2 Å². The molecule has 3 rings (SSSR count). The van der Waals surface area contributed by atoms with E-state index >= 15 is 0 Å². The van der Waals surface area contributed by atoms with Gasteiger partial charge in [-0.3, -0.25) is 4.90 Å². The van der Waals surface area contributed by atoms with E-state index in [1.165, 1.54) is 11.1 Å². The molecule has 0 spiro atoms. The quantitative estimate of drug-likeness (QED) is 0.896. The van der Waals surface area contributed by atoms with E-state index in [9.17, 15) is 0 Å². The molecule has 1 N–H and O–H groups in total. The number of piperazine rings is 1. The summed E-state index contributed by atoms with van der Waals surface area (Å²) in [6.45, 7) is 6.10. The van der Waals surface area contributed by atoms with Crippen LogP contribution in [-0.2, 0) is 6.54 Å². The predicted molar refractivity (Wildman–Crippen MR) is 89.6 cm³/mol. The minimum Gasteiger partial charge on any atom is -0.493 e. The Kier molecular flexibility index (Phi) is 4.94. The first kappa shape index (κ1) is 16.4. The number of nitrogens with zero attached hydrogens (tertiary/aromatic N) is 2. The second-order valence-electron chi connectivity index (χ2n) is 6.20. The van der Waals surface area contributed by atoms with Crippen molar-refractivity contribution in [3.63, 3.8) is 0 Å². The molecule has 2 heterocycles. The molecular weight excluding hydrogens is 294 g/mol. The van der Waals surface area contributed by atoms with Crippen LogP contribution >= 0.6 is 0 Å². The van der Waals surface area contributed by atoms with Crippen molar-refractivity contribution in [3.05, 3.63) is 17.2 Å². The van der Waals surface area contributed by atoms with Gasteiger partial charge in [0.25, 0.3) is 0 Å². The number of hydrogen-bond acceptors (Lipinski definition) is 6. The van der Waals surface area contributed by atoms with Crippen molar-refractivity contribution >= 4 is 0 Å². The average Bonchev–Trinajstić information content (AvgIpc) is 2.60. The minimum absolute atomic E-state index is 0.308. The van der Waals surface area contributed by atoms with Crippen molar-refractivity contribution in [3.8, 4) is 17.2 Å². The topological polar surface area (TPSA) is 46.2 Å². The number of rotatable bonds is 4. The van der Waals surface area contributed by atoms with Crippen LogP contribution in [0, 0.1) is 0 Å². The number of methoxy groups -OCH3 is 3. The van der Waals surface area contributed by atoms with Gasteiger partial charge in [0.1, 0.15) is 0 Å². The molecule has 0 saturated carbocycles. The molecule has 2 aliphatic heterocycles. The number of ether oxygens (including phenoxy) is 3. The maximum absolute atomic E-state index is 5.75. The summed E-state index contributed by atoms with van der Waals surface area (Å²) in [7, 11) is 7.22. The van der Waals surface area contributed by atoms with Crippen LogP contribution in [-0.4, -0.2) is 70.9 Å². The number of benzene rings is 1. The Bertz CT molecular complexity index is 557. The van der Waals surface area contributed by atoms with Crippen LogP contribution in [0.5, 0.6) is 17.2 Å². The lowest BCUT2D eigenvalue weighted by atomic mass is 9.93. The molecular formula is C17H27N3O3. The molecule has 0 bridgehead atoms. The number of hydrogen-bond donors (Lipinski definition) is 1. The van der Waals surface area contributed by atoms with Crippen molar-refractivity contribution in [2.45, 2.75) is 12.6 Å². The highest BCUT2D eigenvalue weighted by Gasteiger charge is 2.33.